The summed E-state index contributed by atoms with van der Waals surface area (Å²) >= 11 is 0. The lowest BCUT2D eigenvalue weighted by atomic mass is 10.4. The maximum atomic E-state index is 13.1. The van der Waals surface area contributed by atoms with E-state index in [1.807, 2.05) is 12.1 Å². The lowest BCUT2D eigenvalue weighted by Gasteiger charge is -2.21. The van der Waals surface area contributed by atoms with Gasteiger partial charge in [-0.05, 0) is 34.1 Å². The van der Waals surface area contributed by atoms with Crippen LogP contribution in [0.15, 0.2) is 70.5 Å². The Morgan fingerprint density at radius 3 is 1.38 bits per heavy atom. The highest BCUT2D eigenvalue weighted by Crippen LogP contribution is 2.49. The summed E-state index contributed by atoms with van der Waals surface area (Å²) in [5, 5.41) is 0. The van der Waals surface area contributed by atoms with Crippen LogP contribution in [0.25, 0.3) is 0 Å². The van der Waals surface area contributed by atoms with Crippen LogP contribution in [0.1, 0.15) is 0 Å². The molecule has 0 aromatic heterocycles. The monoisotopic (exact) mass is 238 g/mol. The first-order valence-electron chi connectivity index (χ1n) is 4.96. The number of hydrogen-bond donors (Lipinski definition) is 1. The molecule has 0 unspecified atom stereocenters. The van der Waals surface area contributed by atoms with Gasteiger partial charge in [-0.15, -0.1) is 10.9 Å². The van der Waals surface area contributed by atoms with E-state index in [2.05, 4.69) is 0 Å². The normalized spacial score (nSPS) is 11.6. The molecule has 0 heterocycles. The second-order valence-corrected chi connectivity index (χ2v) is 5.48. The highest BCUT2D eigenvalue weighted by atomic mass is 32.2. The third-order valence-electron chi connectivity index (χ3n) is 2.26. The van der Waals surface area contributed by atoms with E-state index < -0.39 is 16.7 Å². The van der Waals surface area contributed by atoms with E-state index in [-0.39, 0.29) is 0 Å². The molecule has 0 atom stereocenters. The Hall–Kier alpha value is -1.35. The first-order chi connectivity index (χ1) is 7.79. The number of benzene rings is 2. The summed E-state index contributed by atoms with van der Waals surface area (Å²) in [5.41, 5.74) is 0. The van der Waals surface area contributed by atoms with E-state index in [9.17, 15) is 8.78 Å². The molecule has 0 N–H and O–H groups in total. The Kier molecular flexibility index (Phi) is 3.57. The molecule has 0 radical (unpaired) electrons. The maximum Gasteiger partial charge on any atom is 0.274 e. The molecular formula is C13H12F2S. The Balaban J connectivity index is 2.40. The molecule has 0 aliphatic rings. The third kappa shape index (κ3) is 2.42. The van der Waals surface area contributed by atoms with Crippen molar-refractivity contribution < 1.29 is 8.78 Å². The molecule has 0 aliphatic heterocycles. The van der Waals surface area contributed by atoms with Crippen LogP contribution in [0.4, 0.5) is 8.78 Å². The molecule has 3 heteroatoms. The Morgan fingerprint density at radius 2 is 1.06 bits per heavy atom. The van der Waals surface area contributed by atoms with E-state index in [0.29, 0.717) is 0 Å². The zero-order valence-corrected chi connectivity index (χ0v) is 9.45. The van der Waals surface area contributed by atoms with Crippen LogP contribution in [0.3, 0.4) is 0 Å². The average Bonchev–Trinajstić information content (AvgIpc) is 2.31. The molecule has 0 fully saturated rings. The summed E-state index contributed by atoms with van der Waals surface area (Å²) < 4.78 is 26.2. The number of hydrogen-bond acceptors (Lipinski definition) is 0. The van der Waals surface area contributed by atoms with Crippen LogP contribution in [0.5, 0.6) is 0 Å². The number of halogens is 2. The van der Waals surface area contributed by atoms with Crippen LogP contribution in [0, 0.1) is 0 Å². The van der Waals surface area contributed by atoms with Crippen molar-refractivity contribution in [3.63, 3.8) is 0 Å². The van der Waals surface area contributed by atoms with E-state index in [4.69, 9.17) is 0 Å². The molecule has 0 saturated heterocycles. The zero-order valence-electron chi connectivity index (χ0n) is 8.55. The average molecular weight is 238 g/mol. The van der Waals surface area contributed by atoms with Crippen molar-refractivity contribution in [1.29, 1.82) is 0 Å². The second-order valence-electron chi connectivity index (χ2n) is 3.32. The number of alkyl halides is 2. The smallest absolute Gasteiger partial charge is 0.199 e. The van der Waals surface area contributed by atoms with Crippen LogP contribution >= 0.6 is 10.9 Å². The molecule has 2 aromatic carbocycles. The SMILES string of the molecule is FC(F)[SH](c1ccccc1)c1ccccc1. The molecule has 0 amide bonds. The molecule has 0 bridgehead atoms. The van der Waals surface area contributed by atoms with Gasteiger partial charge in [0.05, 0.1) is 0 Å². The van der Waals surface area contributed by atoms with Gasteiger partial charge < -0.3 is 0 Å². The highest BCUT2D eigenvalue weighted by Gasteiger charge is 2.19. The first kappa shape index (κ1) is 11.1. The van der Waals surface area contributed by atoms with Gasteiger partial charge in [0.15, 0.2) is 0 Å². The molecule has 2 rings (SSSR count). The molecule has 16 heavy (non-hydrogen) atoms. The standard InChI is InChI=1S/C13H12F2S/c14-13(15)16(11-7-3-1-4-8-11)12-9-5-2-6-10-12/h1-10,13,16H. The van der Waals surface area contributed by atoms with Crippen LogP contribution < -0.4 is 0 Å². The van der Waals surface area contributed by atoms with Crippen LogP contribution in [-0.4, -0.2) is 5.76 Å². The van der Waals surface area contributed by atoms with Crippen LogP contribution in [-0.2, 0) is 0 Å². The van der Waals surface area contributed by atoms with Crippen molar-refractivity contribution in [3.8, 4) is 0 Å². The van der Waals surface area contributed by atoms with Gasteiger partial charge in [-0.25, -0.2) is 0 Å². The quantitative estimate of drug-likeness (QED) is 0.756. The molecule has 0 spiro atoms. The summed E-state index contributed by atoms with van der Waals surface area (Å²) in [4.78, 5) is 1.44. The van der Waals surface area contributed by atoms with Gasteiger partial charge >= 0.3 is 0 Å². The summed E-state index contributed by atoms with van der Waals surface area (Å²) in [6.45, 7) is 0. The molecule has 0 nitrogen and oxygen atoms in total. The van der Waals surface area contributed by atoms with Gasteiger partial charge in [0.1, 0.15) is 0 Å². The molecule has 0 saturated carbocycles. The van der Waals surface area contributed by atoms with Gasteiger partial charge in [-0.2, -0.15) is 8.78 Å². The fraction of sp³-hybridized carbons (Fsp3) is 0.0769. The minimum absolute atomic E-state index is 0.721. The molecule has 0 aliphatic carbocycles. The largest absolute Gasteiger partial charge is 0.274 e. The van der Waals surface area contributed by atoms with Gasteiger partial charge in [-0.1, -0.05) is 36.4 Å². The van der Waals surface area contributed by atoms with Crippen molar-refractivity contribution in [3.05, 3.63) is 60.7 Å². The van der Waals surface area contributed by atoms with E-state index >= 15 is 0 Å². The Labute approximate surface area is 96.3 Å². The first-order valence-corrected chi connectivity index (χ1v) is 6.37. The predicted octanol–water partition coefficient (Wildman–Crippen LogP) is 4.33. The number of thiol groups is 1. The highest BCUT2D eigenvalue weighted by molar-refractivity contribution is 8.17. The van der Waals surface area contributed by atoms with Gasteiger partial charge in [0.25, 0.3) is 5.76 Å². The lowest BCUT2D eigenvalue weighted by Crippen LogP contribution is -1.95. The fourth-order valence-corrected chi connectivity index (χ4v) is 3.29. The zero-order chi connectivity index (χ0) is 11.4. The molecule has 2 aromatic rings. The topological polar surface area (TPSA) is 0 Å². The molecular weight excluding hydrogens is 226 g/mol. The Bertz CT molecular complexity index is 389. The van der Waals surface area contributed by atoms with E-state index in [1.54, 1.807) is 48.5 Å². The summed E-state index contributed by atoms with van der Waals surface area (Å²) in [5.74, 6) is -2.32. The number of rotatable bonds is 3. The van der Waals surface area contributed by atoms with Crippen molar-refractivity contribution in [2.75, 3.05) is 0 Å². The van der Waals surface area contributed by atoms with Crippen molar-refractivity contribution in [2.24, 2.45) is 0 Å². The second kappa shape index (κ2) is 5.12. The summed E-state index contributed by atoms with van der Waals surface area (Å²) in [6, 6.07) is 18.0. The minimum Gasteiger partial charge on any atom is -0.199 e. The molecule has 84 valence electrons. The van der Waals surface area contributed by atoms with Crippen molar-refractivity contribution in [2.45, 2.75) is 15.5 Å². The predicted molar refractivity (Wildman–Crippen MR) is 64.4 cm³/mol. The fourth-order valence-electron chi connectivity index (χ4n) is 1.55. The lowest BCUT2D eigenvalue weighted by molar-refractivity contribution is 0.249. The van der Waals surface area contributed by atoms with Crippen molar-refractivity contribution in [1.82, 2.24) is 0 Å². The van der Waals surface area contributed by atoms with E-state index in [1.165, 1.54) is 0 Å². The van der Waals surface area contributed by atoms with Gasteiger partial charge in [0.2, 0.25) is 0 Å². The van der Waals surface area contributed by atoms with Crippen LogP contribution in [0.2, 0.25) is 0 Å². The third-order valence-corrected chi connectivity index (χ3v) is 4.36. The van der Waals surface area contributed by atoms with Gasteiger partial charge in [0, 0.05) is 0 Å². The summed E-state index contributed by atoms with van der Waals surface area (Å²) in [7, 11) is -1.54. The minimum atomic E-state index is -2.32. The maximum absolute atomic E-state index is 13.1. The van der Waals surface area contributed by atoms with Crippen molar-refractivity contribution >= 4 is 10.9 Å². The van der Waals surface area contributed by atoms with E-state index in [0.717, 1.165) is 9.79 Å². The summed E-state index contributed by atoms with van der Waals surface area (Å²) in [6.07, 6.45) is 0. The van der Waals surface area contributed by atoms with Gasteiger partial charge in [-0.3, -0.25) is 0 Å². The Morgan fingerprint density at radius 1 is 0.688 bits per heavy atom.